The molecule has 1 saturated heterocycles. The number of aliphatic hydroxyl groups is 1. The number of anilines is 2. The zero-order valence-electron chi connectivity index (χ0n) is 16.1. The Balaban J connectivity index is 1.30. The van der Waals surface area contributed by atoms with Crippen molar-refractivity contribution in [3.63, 3.8) is 0 Å². The van der Waals surface area contributed by atoms with E-state index in [9.17, 15) is 5.11 Å². The number of hydrogen-bond donors (Lipinski definition) is 2. The molecule has 1 aromatic heterocycles. The average Bonchev–Trinajstić information content (AvgIpc) is 2.74. The number of nitrogens with one attached hydrogen (secondary N) is 1. The van der Waals surface area contributed by atoms with Crippen LogP contribution in [-0.4, -0.2) is 59.3 Å². The van der Waals surface area contributed by atoms with E-state index in [1.54, 1.807) is 6.33 Å². The van der Waals surface area contributed by atoms with Gasteiger partial charge < -0.3 is 15.3 Å². The molecule has 6 nitrogen and oxygen atoms in total. The van der Waals surface area contributed by atoms with Crippen LogP contribution in [0.25, 0.3) is 0 Å². The standard InChI is InChI=1S/C21H28ClN5O/c22-19-5-1-4-17-13-26(9-6-18(17)19)10-7-23-20-11-21(25-15-24-20)27-8-2-3-16(12-27)14-28/h1,4-5,11,15-16,28H,2-3,6-10,12-14H2,(H,23,24,25). The summed E-state index contributed by atoms with van der Waals surface area (Å²) < 4.78 is 0. The molecule has 2 aliphatic rings. The van der Waals surface area contributed by atoms with E-state index in [-0.39, 0.29) is 6.61 Å². The molecule has 150 valence electrons. The quantitative estimate of drug-likeness (QED) is 0.776. The maximum Gasteiger partial charge on any atom is 0.134 e. The number of halogens is 1. The topological polar surface area (TPSA) is 64.5 Å². The molecule has 2 aliphatic heterocycles. The Morgan fingerprint density at radius 2 is 2.18 bits per heavy atom. The Hall–Kier alpha value is -1.89. The first-order chi connectivity index (χ1) is 13.7. The van der Waals surface area contributed by atoms with E-state index in [0.29, 0.717) is 5.92 Å². The van der Waals surface area contributed by atoms with Crippen LogP contribution in [0, 0.1) is 5.92 Å². The normalized spacial score (nSPS) is 20.1. The minimum atomic E-state index is 0.247. The predicted octanol–water partition coefficient (Wildman–Crippen LogP) is 2.81. The Morgan fingerprint density at radius 3 is 3.07 bits per heavy atom. The first-order valence-corrected chi connectivity index (χ1v) is 10.5. The van der Waals surface area contributed by atoms with Gasteiger partial charge in [-0.3, -0.25) is 4.90 Å². The largest absolute Gasteiger partial charge is 0.396 e. The second kappa shape index (κ2) is 9.07. The molecule has 7 heteroatoms. The molecule has 0 saturated carbocycles. The van der Waals surface area contributed by atoms with Gasteiger partial charge >= 0.3 is 0 Å². The summed E-state index contributed by atoms with van der Waals surface area (Å²) in [5.74, 6) is 2.14. The van der Waals surface area contributed by atoms with Crippen LogP contribution in [0.3, 0.4) is 0 Å². The predicted molar refractivity (Wildman–Crippen MR) is 113 cm³/mol. The Kier molecular flexibility index (Phi) is 6.29. The second-order valence-corrected chi connectivity index (χ2v) is 8.14. The number of rotatable bonds is 6. The van der Waals surface area contributed by atoms with Crippen molar-refractivity contribution < 1.29 is 5.11 Å². The molecule has 2 N–H and O–H groups in total. The number of nitrogens with zero attached hydrogens (tertiary/aromatic N) is 4. The van der Waals surface area contributed by atoms with E-state index in [1.165, 1.54) is 11.1 Å². The van der Waals surface area contributed by atoms with Crippen LogP contribution in [0.2, 0.25) is 5.02 Å². The zero-order valence-corrected chi connectivity index (χ0v) is 16.9. The summed E-state index contributed by atoms with van der Waals surface area (Å²) in [6.45, 7) is 5.88. The van der Waals surface area contributed by atoms with Crippen molar-refractivity contribution in [2.24, 2.45) is 5.92 Å². The van der Waals surface area contributed by atoms with Gasteiger partial charge in [-0.15, -0.1) is 0 Å². The molecule has 1 atom stereocenters. The molecule has 28 heavy (non-hydrogen) atoms. The minimum Gasteiger partial charge on any atom is -0.396 e. The molecule has 0 radical (unpaired) electrons. The van der Waals surface area contributed by atoms with Crippen molar-refractivity contribution in [3.8, 4) is 0 Å². The number of aromatic nitrogens is 2. The van der Waals surface area contributed by atoms with E-state index in [1.807, 2.05) is 18.2 Å². The monoisotopic (exact) mass is 401 g/mol. The summed E-state index contributed by atoms with van der Waals surface area (Å²) in [6, 6.07) is 8.21. The third kappa shape index (κ3) is 4.57. The van der Waals surface area contributed by atoms with E-state index in [0.717, 1.165) is 75.2 Å². The SMILES string of the molecule is OCC1CCCN(c2cc(NCCN3CCc4c(Cl)cccc4C3)ncn2)C1. The van der Waals surface area contributed by atoms with Crippen LogP contribution in [0.15, 0.2) is 30.6 Å². The van der Waals surface area contributed by atoms with Gasteiger partial charge in [-0.1, -0.05) is 23.7 Å². The molecule has 1 fully saturated rings. The van der Waals surface area contributed by atoms with Gasteiger partial charge in [-0.05, 0) is 42.4 Å². The zero-order chi connectivity index (χ0) is 19.3. The highest BCUT2D eigenvalue weighted by molar-refractivity contribution is 6.31. The third-order valence-electron chi connectivity index (χ3n) is 5.78. The van der Waals surface area contributed by atoms with Gasteiger partial charge in [-0.2, -0.15) is 0 Å². The van der Waals surface area contributed by atoms with Crippen LogP contribution < -0.4 is 10.2 Å². The summed E-state index contributed by atoms with van der Waals surface area (Å²) in [5, 5.41) is 13.8. The van der Waals surface area contributed by atoms with Gasteiger partial charge in [0.25, 0.3) is 0 Å². The number of benzene rings is 1. The molecule has 1 aromatic carbocycles. The van der Waals surface area contributed by atoms with Gasteiger partial charge in [-0.25, -0.2) is 9.97 Å². The van der Waals surface area contributed by atoms with E-state index < -0.39 is 0 Å². The molecular weight excluding hydrogens is 374 g/mol. The minimum absolute atomic E-state index is 0.247. The molecule has 0 amide bonds. The lowest BCUT2D eigenvalue weighted by atomic mass is 9.99. The number of piperidine rings is 1. The van der Waals surface area contributed by atoms with Crippen molar-refractivity contribution in [2.45, 2.75) is 25.8 Å². The summed E-state index contributed by atoms with van der Waals surface area (Å²) >= 11 is 6.31. The molecule has 4 rings (SSSR count). The summed E-state index contributed by atoms with van der Waals surface area (Å²) in [5.41, 5.74) is 2.64. The van der Waals surface area contributed by atoms with Gasteiger partial charge in [0, 0.05) is 57.0 Å². The Morgan fingerprint density at radius 1 is 1.25 bits per heavy atom. The van der Waals surface area contributed by atoms with Gasteiger partial charge in [0.05, 0.1) is 0 Å². The van der Waals surface area contributed by atoms with Crippen LogP contribution in [0.4, 0.5) is 11.6 Å². The molecule has 0 spiro atoms. The van der Waals surface area contributed by atoms with E-state index >= 15 is 0 Å². The van der Waals surface area contributed by atoms with Crippen molar-refractivity contribution in [1.82, 2.24) is 14.9 Å². The fourth-order valence-corrected chi connectivity index (χ4v) is 4.48. The highest BCUT2D eigenvalue weighted by Crippen LogP contribution is 2.26. The smallest absolute Gasteiger partial charge is 0.134 e. The molecule has 3 heterocycles. The lowest BCUT2D eigenvalue weighted by Crippen LogP contribution is -2.37. The van der Waals surface area contributed by atoms with Crippen LogP contribution >= 0.6 is 11.6 Å². The van der Waals surface area contributed by atoms with Gasteiger partial charge in [0.15, 0.2) is 0 Å². The van der Waals surface area contributed by atoms with Crippen molar-refractivity contribution in [3.05, 3.63) is 46.7 Å². The van der Waals surface area contributed by atoms with Crippen LogP contribution in [-0.2, 0) is 13.0 Å². The van der Waals surface area contributed by atoms with Crippen LogP contribution in [0.1, 0.15) is 24.0 Å². The van der Waals surface area contributed by atoms with E-state index in [2.05, 4.69) is 31.2 Å². The van der Waals surface area contributed by atoms with Crippen molar-refractivity contribution >= 4 is 23.2 Å². The fraction of sp³-hybridized carbons (Fsp3) is 0.524. The molecule has 2 aromatic rings. The highest BCUT2D eigenvalue weighted by Gasteiger charge is 2.21. The van der Waals surface area contributed by atoms with Crippen molar-refractivity contribution in [1.29, 1.82) is 0 Å². The maximum atomic E-state index is 9.44. The van der Waals surface area contributed by atoms with E-state index in [4.69, 9.17) is 11.6 Å². The van der Waals surface area contributed by atoms with Gasteiger partial charge in [0.1, 0.15) is 18.0 Å². The third-order valence-corrected chi connectivity index (χ3v) is 6.13. The lowest BCUT2D eigenvalue weighted by molar-refractivity contribution is 0.208. The highest BCUT2D eigenvalue weighted by atomic mass is 35.5. The Bertz CT molecular complexity index is 802. The number of fused-ring (bicyclic) bond motifs is 1. The van der Waals surface area contributed by atoms with Crippen LogP contribution in [0.5, 0.6) is 0 Å². The molecule has 0 bridgehead atoms. The number of hydrogen-bond acceptors (Lipinski definition) is 6. The first-order valence-electron chi connectivity index (χ1n) is 10.1. The summed E-state index contributed by atoms with van der Waals surface area (Å²) in [6.07, 6.45) is 4.82. The summed E-state index contributed by atoms with van der Waals surface area (Å²) in [7, 11) is 0. The Labute approximate surface area is 171 Å². The molecule has 0 aliphatic carbocycles. The van der Waals surface area contributed by atoms with Crippen molar-refractivity contribution in [2.75, 3.05) is 49.5 Å². The molecular formula is C21H28ClN5O. The van der Waals surface area contributed by atoms with Gasteiger partial charge in [0.2, 0.25) is 0 Å². The molecule has 1 unspecified atom stereocenters. The summed E-state index contributed by atoms with van der Waals surface area (Å²) in [4.78, 5) is 13.5. The second-order valence-electron chi connectivity index (χ2n) is 7.73. The average molecular weight is 402 g/mol. The first kappa shape index (κ1) is 19.4. The maximum absolute atomic E-state index is 9.44. The number of aliphatic hydroxyl groups excluding tert-OH is 1. The fourth-order valence-electron chi connectivity index (χ4n) is 4.19. The lowest BCUT2D eigenvalue weighted by Gasteiger charge is -2.32.